The maximum atomic E-state index is 12.5. The number of hydrogen-bond donors (Lipinski definition) is 0. The number of benzene rings is 1. The Morgan fingerprint density at radius 2 is 1.75 bits per heavy atom. The topological polar surface area (TPSA) is 43.6 Å². The van der Waals surface area contributed by atoms with E-state index in [4.69, 9.17) is 0 Å². The summed E-state index contributed by atoms with van der Waals surface area (Å²) in [5.41, 5.74) is 0.250. The normalized spacial score (nSPS) is 11.8. The maximum Gasteiger partial charge on any atom is 0.453 e. The van der Waals surface area contributed by atoms with E-state index in [0.29, 0.717) is 4.68 Å². The zero-order valence-electron chi connectivity index (χ0n) is 7.61. The minimum Gasteiger partial charge on any atom is -0.189 e. The van der Waals surface area contributed by atoms with Crippen molar-refractivity contribution in [3.05, 3.63) is 34.6 Å². The Balaban J connectivity index is 2.49. The fourth-order valence-corrected chi connectivity index (χ4v) is 1.38. The summed E-state index contributed by atoms with van der Waals surface area (Å²) in [7, 11) is 0. The van der Waals surface area contributed by atoms with Gasteiger partial charge < -0.3 is 0 Å². The van der Waals surface area contributed by atoms with Crippen LogP contribution in [0.2, 0.25) is 0 Å². The van der Waals surface area contributed by atoms with Gasteiger partial charge in [-0.25, -0.2) is 0 Å². The molecular formula is C8H4BrF3N4. The molecule has 0 spiro atoms. The van der Waals surface area contributed by atoms with Crippen molar-refractivity contribution in [2.24, 2.45) is 0 Å². The Morgan fingerprint density at radius 3 is 2.31 bits per heavy atom. The van der Waals surface area contributed by atoms with E-state index < -0.39 is 12.0 Å². The van der Waals surface area contributed by atoms with Gasteiger partial charge in [-0.2, -0.15) is 17.9 Å². The molecule has 0 bridgehead atoms. The predicted octanol–water partition coefficient (Wildman–Crippen LogP) is 2.44. The van der Waals surface area contributed by atoms with Crippen molar-refractivity contribution in [2.75, 3.05) is 0 Å². The third-order valence-electron chi connectivity index (χ3n) is 1.79. The number of rotatable bonds is 1. The summed E-state index contributed by atoms with van der Waals surface area (Å²) in [6.45, 7) is 0. The van der Waals surface area contributed by atoms with Gasteiger partial charge in [-0.15, -0.1) is 5.10 Å². The lowest BCUT2D eigenvalue weighted by Gasteiger charge is -2.06. The molecular weight excluding hydrogens is 289 g/mol. The zero-order chi connectivity index (χ0) is 11.8. The van der Waals surface area contributed by atoms with Crippen molar-refractivity contribution in [3.8, 4) is 5.69 Å². The van der Waals surface area contributed by atoms with Crippen LogP contribution >= 0.6 is 15.9 Å². The lowest BCUT2D eigenvalue weighted by atomic mass is 10.3. The smallest absolute Gasteiger partial charge is 0.189 e. The molecule has 4 nitrogen and oxygen atoms in total. The van der Waals surface area contributed by atoms with Crippen LogP contribution in [0.3, 0.4) is 0 Å². The van der Waals surface area contributed by atoms with Crippen LogP contribution in [0.5, 0.6) is 0 Å². The summed E-state index contributed by atoms with van der Waals surface area (Å²) in [6.07, 6.45) is -4.57. The highest BCUT2D eigenvalue weighted by Crippen LogP contribution is 2.28. The fourth-order valence-electron chi connectivity index (χ4n) is 1.12. The van der Waals surface area contributed by atoms with Crippen molar-refractivity contribution in [2.45, 2.75) is 6.18 Å². The molecule has 0 fully saturated rings. The molecule has 0 saturated heterocycles. The van der Waals surface area contributed by atoms with E-state index in [1.54, 1.807) is 12.1 Å². The first-order chi connectivity index (χ1) is 7.48. The minimum atomic E-state index is -4.57. The predicted molar refractivity (Wildman–Crippen MR) is 51.9 cm³/mol. The Bertz CT molecular complexity index is 491. The van der Waals surface area contributed by atoms with Crippen LogP contribution in [-0.4, -0.2) is 20.2 Å². The average Bonchev–Trinajstić information content (AvgIpc) is 2.66. The van der Waals surface area contributed by atoms with E-state index in [1.165, 1.54) is 12.1 Å². The molecule has 2 aromatic rings. The summed E-state index contributed by atoms with van der Waals surface area (Å²) in [6, 6.07) is 6.18. The van der Waals surface area contributed by atoms with E-state index in [1.807, 2.05) is 0 Å². The Morgan fingerprint density at radius 1 is 1.12 bits per heavy atom. The summed E-state index contributed by atoms with van der Waals surface area (Å²) in [4.78, 5) is 0. The molecule has 1 heterocycles. The summed E-state index contributed by atoms with van der Waals surface area (Å²) in [5, 5.41) is 9.27. The molecule has 8 heteroatoms. The van der Waals surface area contributed by atoms with Gasteiger partial charge in [0.1, 0.15) is 0 Å². The monoisotopic (exact) mass is 292 g/mol. The Hall–Kier alpha value is -1.44. The van der Waals surface area contributed by atoms with Crippen molar-refractivity contribution in [1.82, 2.24) is 20.2 Å². The second-order valence-corrected chi connectivity index (χ2v) is 3.80. The van der Waals surface area contributed by atoms with Gasteiger partial charge in [-0.3, -0.25) is 0 Å². The molecule has 1 aromatic heterocycles. The first-order valence-electron chi connectivity index (χ1n) is 4.10. The van der Waals surface area contributed by atoms with E-state index in [9.17, 15) is 13.2 Å². The van der Waals surface area contributed by atoms with Crippen molar-refractivity contribution in [1.29, 1.82) is 0 Å². The van der Waals surface area contributed by atoms with Crippen LogP contribution in [0.1, 0.15) is 5.82 Å². The average molecular weight is 293 g/mol. The molecule has 0 aliphatic heterocycles. The molecule has 0 unspecified atom stereocenters. The number of halogens is 4. The third kappa shape index (κ3) is 2.06. The van der Waals surface area contributed by atoms with Crippen LogP contribution in [0.4, 0.5) is 13.2 Å². The molecule has 0 amide bonds. The molecule has 0 atom stereocenters. The Kier molecular flexibility index (Phi) is 2.66. The molecule has 2 rings (SSSR count). The molecule has 84 valence electrons. The second kappa shape index (κ2) is 3.85. The summed E-state index contributed by atoms with van der Waals surface area (Å²) < 4.78 is 38.8. The van der Waals surface area contributed by atoms with Crippen LogP contribution in [-0.2, 0) is 6.18 Å². The Labute approximate surface area is 96.2 Å². The van der Waals surface area contributed by atoms with E-state index in [2.05, 4.69) is 31.5 Å². The third-order valence-corrected chi connectivity index (χ3v) is 2.32. The van der Waals surface area contributed by atoms with E-state index >= 15 is 0 Å². The van der Waals surface area contributed by atoms with Gasteiger partial charge in [-0.1, -0.05) is 15.9 Å². The van der Waals surface area contributed by atoms with Gasteiger partial charge in [0.2, 0.25) is 0 Å². The quantitative estimate of drug-likeness (QED) is 0.811. The lowest BCUT2D eigenvalue weighted by molar-refractivity contribution is -0.146. The van der Waals surface area contributed by atoms with Crippen LogP contribution in [0.25, 0.3) is 5.69 Å². The molecule has 0 N–H and O–H groups in total. The number of nitrogens with zero attached hydrogens (tertiary/aromatic N) is 4. The summed E-state index contributed by atoms with van der Waals surface area (Å²) >= 11 is 3.18. The molecule has 0 aliphatic rings. The highest BCUT2D eigenvalue weighted by Gasteiger charge is 2.38. The largest absolute Gasteiger partial charge is 0.453 e. The van der Waals surface area contributed by atoms with Crippen LogP contribution in [0.15, 0.2) is 28.7 Å². The lowest BCUT2D eigenvalue weighted by Crippen LogP contribution is -2.14. The number of alkyl halides is 3. The fraction of sp³-hybridized carbons (Fsp3) is 0.125. The highest BCUT2D eigenvalue weighted by molar-refractivity contribution is 9.10. The molecule has 0 aliphatic carbocycles. The molecule has 0 radical (unpaired) electrons. The van der Waals surface area contributed by atoms with E-state index in [-0.39, 0.29) is 5.69 Å². The zero-order valence-corrected chi connectivity index (χ0v) is 9.20. The molecule has 16 heavy (non-hydrogen) atoms. The first kappa shape index (κ1) is 11.1. The highest BCUT2D eigenvalue weighted by atomic mass is 79.9. The van der Waals surface area contributed by atoms with Crippen LogP contribution < -0.4 is 0 Å². The SMILES string of the molecule is FC(F)(F)c1nnnn1-c1ccc(Br)cc1. The van der Waals surface area contributed by atoms with Gasteiger partial charge in [-0.05, 0) is 34.7 Å². The van der Waals surface area contributed by atoms with Crippen molar-refractivity contribution in [3.63, 3.8) is 0 Å². The van der Waals surface area contributed by atoms with Gasteiger partial charge in [0.25, 0.3) is 5.82 Å². The second-order valence-electron chi connectivity index (χ2n) is 2.89. The standard InChI is InChI=1S/C8H4BrF3N4/c9-5-1-3-6(4-2-5)16-7(8(10,11)12)13-14-15-16/h1-4H. The number of hydrogen-bond acceptors (Lipinski definition) is 3. The van der Waals surface area contributed by atoms with Gasteiger partial charge in [0.05, 0.1) is 5.69 Å². The van der Waals surface area contributed by atoms with Crippen LogP contribution in [0, 0.1) is 0 Å². The van der Waals surface area contributed by atoms with Crippen molar-refractivity contribution >= 4 is 15.9 Å². The van der Waals surface area contributed by atoms with Gasteiger partial charge in [0.15, 0.2) is 0 Å². The first-order valence-corrected chi connectivity index (χ1v) is 4.89. The molecule has 1 aromatic carbocycles. The van der Waals surface area contributed by atoms with Crippen molar-refractivity contribution < 1.29 is 13.2 Å². The maximum absolute atomic E-state index is 12.5. The number of tetrazole rings is 1. The summed E-state index contributed by atoms with van der Waals surface area (Å²) in [5.74, 6) is -1.14. The minimum absolute atomic E-state index is 0.250. The van der Waals surface area contributed by atoms with Gasteiger partial charge >= 0.3 is 6.18 Å². The van der Waals surface area contributed by atoms with Gasteiger partial charge in [0, 0.05) is 4.47 Å². The molecule has 0 saturated carbocycles. The van der Waals surface area contributed by atoms with E-state index in [0.717, 1.165) is 4.47 Å². The number of aromatic nitrogens is 4.